The molecule has 0 aliphatic heterocycles. The summed E-state index contributed by atoms with van der Waals surface area (Å²) in [6, 6.07) is 25.5. The van der Waals surface area contributed by atoms with Crippen LogP contribution >= 0.6 is 11.6 Å². The van der Waals surface area contributed by atoms with Gasteiger partial charge in [0, 0.05) is 5.02 Å². The number of amides is 1. The normalized spacial score (nSPS) is 11.8. The van der Waals surface area contributed by atoms with Gasteiger partial charge in [-0.3, -0.25) is 4.79 Å². The number of hydrogen-bond donors (Lipinski definition) is 1. The number of carbonyl (C=O) groups is 1. The largest absolute Gasteiger partial charge is 0.345 e. The molecule has 1 atom stereocenters. The minimum atomic E-state index is -0.184. The van der Waals surface area contributed by atoms with E-state index in [9.17, 15) is 4.79 Å². The van der Waals surface area contributed by atoms with Gasteiger partial charge in [0.15, 0.2) is 0 Å². The minimum absolute atomic E-state index is 0.0532. The van der Waals surface area contributed by atoms with Crippen LogP contribution in [0.2, 0.25) is 5.02 Å². The maximum atomic E-state index is 12.6. The molecule has 1 N–H and O–H groups in total. The summed E-state index contributed by atoms with van der Waals surface area (Å²) in [5, 5.41) is 3.76. The SMILES string of the molecule is Cc1ccc([C@@H](NC(=O)Cc2ccccc2Cl)c2ccccc2)cc1. The molecule has 3 heteroatoms. The average Bonchev–Trinajstić information content (AvgIpc) is 2.63. The predicted molar refractivity (Wildman–Crippen MR) is 103 cm³/mol. The standard InChI is InChI=1S/C22H20ClNO/c1-16-11-13-18(14-12-16)22(17-7-3-2-4-8-17)24-21(25)15-19-9-5-6-10-20(19)23/h2-14,22H,15H2,1H3,(H,24,25)/t22-/m0/s1. The Labute approximate surface area is 153 Å². The zero-order valence-corrected chi connectivity index (χ0v) is 14.8. The summed E-state index contributed by atoms with van der Waals surface area (Å²) in [4.78, 5) is 12.6. The number of aryl methyl sites for hydroxylation is 1. The molecule has 0 radical (unpaired) electrons. The lowest BCUT2D eigenvalue weighted by molar-refractivity contribution is -0.120. The maximum absolute atomic E-state index is 12.6. The van der Waals surface area contributed by atoms with Crippen LogP contribution in [0.25, 0.3) is 0 Å². The lowest BCUT2D eigenvalue weighted by Crippen LogP contribution is -2.30. The van der Waals surface area contributed by atoms with Crippen molar-refractivity contribution in [1.29, 1.82) is 0 Å². The Morgan fingerprint density at radius 2 is 1.48 bits per heavy atom. The third-order valence-electron chi connectivity index (χ3n) is 4.16. The van der Waals surface area contributed by atoms with Gasteiger partial charge in [-0.25, -0.2) is 0 Å². The summed E-state index contributed by atoms with van der Waals surface area (Å²) in [7, 11) is 0. The molecular weight excluding hydrogens is 330 g/mol. The summed E-state index contributed by atoms with van der Waals surface area (Å²) >= 11 is 6.18. The van der Waals surface area contributed by atoms with Crippen molar-refractivity contribution >= 4 is 17.5 Å². The first kappa shape index (κ1) is 17.2. The summed E-state index contributed by atoms with van der Waals surface area (Å²) < 4.78 is 0. The van der Waals surface area contributed by atoms with E-state index in [0.717, 1.165) is 16.7 Å². The highest BCUT2D eigenvalue weighted by Crippen LogP contribution is 2.23. The van der Waals surface area contributed by atoms with Crippen molar-refractivity contribution < 1.29 is 4.79 Å². The molecule has 25 heavy (non-hydrogen) atoms. The molecule has 0 heterocycles. The van der Waals surface area contributed by atoms with Crippen LogP contribution in [0.1, 0.15) is 28.3 Å². The van der Waals surface area contributed by atoms with E-state index in [1.54, 1.807) is 6.07 Å². The second-order valence-electron chi connectivity index (χ2n) is 6.09. The van der Waals surface area contributed by atoms with Crippen molar-refractivity contribution in [3.05, 3.63) is 106 Å². The Bertz CT molecular complexity index is 843. The first-order valence-electron chi connectivity index (χ1n) is 8.28. The van der Waals surface area contributed by atoms with Gasteiger partial charge in [0.1, 0.15) is 0 Å². The lowest BCUT2D eigenvalue weighted by atomic mass is 9.97. The number of carbonyl (C=O) groups excluding carboxylic acids is 1. The third-order valence-corrected chi connectivity index (χ3v) is 4.53. The molecule has 0 saturated carbocycles. The van der Waals surface area contributed by atoms with Crippen molar-refractivity contribution in [2.45, 2.75) is 19.4 Å². The Kier molecular flexibility index (Phi) is 5.52. The summed E-state index contributed by atoms with van der Waals surface area (Å²) in [5.74, 6) is -0.0532. The van der Waals surface area contributed by atoms with Gasteiger partial charge in [0.05, 0.1) is 12.5 Å². The minimum Gasteiger partial charge on any atom is -0.345 e. The Hall–Kier alpha value is -2.58. The van der Waals surface area contributed by atoms with E-state index in [-0.39, 0.29) is 18.4 Å². The van der Waals surface area contributed by atoms with Crippen LogP contribution in [0, 0.1) is 6.92 Å². The number of hydrogen-bond acceptors (Lipinski definition) is 1. The van der Waals surface area contributed by atoms with Crippen LogP contribution in [0.5, 0.6) is 0 Å². The van der Waals surface area contributed by atoms with Gasteiger partial charge in [-0.15, -0.1) is 0 Å². The second-order valence-corrected chi connectivity index (χ2v) is 6.50. The molecule has 1 amide bonds. The van der Waals surface area contributed by atoms with E-state index in [1.807, 2.05) is 48.5 Å². The lowest BCUT2D eigenvalue weighted by Gasteiger charge is -2.20. The van der Waals surface area contributed by atoms with Crippen LogP contribution in [0.3, 0.4) is 0 Å². The molecule has 3 aromatic rings. The van der Waals surface area contributed by atoms with Crippen LogP contribution in [-0.2, 0) is 11.2 Å². The van der Waals surface area contributed by atoms with Crippen LogP contribution in [0.4, 0.5) is 0 Å². The van der Waals surface area contributed by atoms with Crippen molar-refractivity contribution in [3.63, 3.8) is 0 Å². The van der Waals surface area contributed by atoms with Crippen molar-refractivity contribution in [3.8, 4) is 0 Å². The molecule has 2 nitrogen and oxygen atoms in total. The fourth-order valence-corrected chi connectivity index (χ4v) is 2.99. The number of benzene rings is 3. The fraction of sp³-hybridized carbons (Fsp3) is 0.136. The smallest absolute Gasteiger partial charge is 0.225 e. The molecular formula is C22H20ClNO. The van der Waals surface area contributed by atoms with Crippen molar-refractivity contribution in [1.82, 2.24) is 5.32 Å². The maximum Gasteiger partial charge on any atom is 0.225 e. The fourth-order valence-electron chi connectivity index (χ4n) is 2.79. The van der Waals surface area contributed by atoms with Crippen LogP contribution in [0.15, 0.2) is 78.9 Å². The van der Waals surface area contributed by atoms with Gasteiger partial charge < -0.3 is 5.32 Å². The topological polar surface area (TPSA) is 29.1 Å². The summed E-state index contributed by atoms with van der Waals surface area (Å²) in [6.07, 6.45) is 0.259. The molecule has 0 aromatic heterocycles. The second kappa shape index (κ2) is 8.00. The summed E-state index contributed by atoms with van der Waals surface area (Å²) in [6.45, 7) is 2.05. The Balaban J connectivity index is 1.84. The van der Waals surface area contributed by atoms with E-state index >= 15 is 0 Å². The summed E-state index contributed by atoms with van der Waals surface area (Å²) in [5.41, 5.74) is 4.14. The van der Waals surface area contributed by atoms with Gasteiger partial charge in [0.25, 0.3) is 0 Å². The van der Waals surface area contributed by atoms with E-state index in [4.69, 9.17) is 11.6 Å². The molecule has 0 unspecified atom stereocenters. The van der Waals surface area contributed by atoms with E-state index in [2.05, 4.69) is 36.5 Å². The molecule has 0 fully saturated rings. The van der Waals surface area contributed by atoms with Gasteiger partial charge in [-0.1, -0.05) is 90.0 Å². The Morgan fingerprint density at radius 3 is 2.16 bits per heavy atom. The highest BCUT2D eigenvalue weighted by atomic mass is 35.5. The van der Waals surface area contributed by atoms with Crippen molar-refractivity contribution in [2.24, 2.45) is 0 Å². The van der Waals surface area contributed by atoms with Crippen LogP contribution in [-0.4, -0.2) is 5.91 Å². The highest BCUT2D eigenvalue weighted by molar-refractivity contribution is 6.31. The van der Waals surface area contributed by atoms with Gasteiger partial charge in [0.2, 0.25) is 5.91 Å². The molecule has 0 aliphatic carbocycles. The molecule has 0 aliphatic rings. The van der Waals surface area contributed by atoms with E-state index in [1.165, 1.54) is 5.56 Å². The van der Waals surface area contributed by atoms with E-state index in [0.29, 0.717) is 5.02 Å². The molecule has 0 bridgehead atoms. The zero-order chi connectivity index (χ0) is 17.6. The third kappa shape index (κ3) is 4.49. The number of rotatable bonds is 5. The molecule has 3 rings (SSSR count). The molecule has 0 spiro atoms. The van der Waals surface area contributed by atoms with Gasteiger partial charge in [-0.05, 0) is 29.7 Å². The molecule has 3 aromatic carbocycles. The monoisotopic (exact) mass is 349 g/mol. The Morgan fingerprint density at radius 1 is 0.880 bits per heavy atom. The molecule has 0 saturated heterocycles. The molecule has 126 valence electrons. The average molecular weight is 350 g/mol. The van der Waals surface area contributed by atoms with Crippen molar-refractivity contribution in [2.75, 3.05) is 0 Å². The zero-order valence-electron chi connectivity index (χ0n) is 14.1. The predicted octanol–water partition coefficient (Wildman–Crippen LogP) is 5.10. The first-order valence-corrected chi connectivity index (χ1v) is 8.65. The first-order chi connectivity index (χ1) is 12.1. The van der Waals surface area contributed by atoms with Gasteiger partial charge >= 0.3 is 0 Å². The highest BCUT2D eigenvalue weighted by Gasteiger charge is 2.17. The number of nitrogens with one attached hydrogen (secondary N) is 1. The van der Waals surface area contributed by atoms with Gasteiger partial charge in [-0.2, -0.15) is 0 Å². The number of halogens is 1. The van der Waals surface area contributed by atoms with E-state index < -0.39 is 0 Å². The van der Waals surface area contributed by atoms with Crippen LogP contribution < -0.4 is 5.32 Å². The quantitative estimate of drug-likeness (QED) is 0.682.